The first-order chi connectivity index (χ1) is 22.7. The third-order valence-corrected chi connectivity index (χ3v) is 11.6. The molecule has 8 rings (SSSR count). The van der Waals surface area contributed by atoms with E-state index in [-0.39, 0.29) is 56.2 Å². The van der Waals surface area contributed by atoms with Crippen molar-refractivity contribution in [3.63, 3.8) is 0 Å². The SMILES string of the molecule is CN(C(=O)C12CC3OC(=O)C1N(Cc1cccc(I)c1)OC2C1OC(C2CC2)(C2CC2)OC31)C(Cc1ccccc1)C(=O)NCCO. The lowest BCUT2D eigenvalue weighted by atomic mass is 9.62. The molecule has 47 heavy (non-hydrogen) atoms. The number of nitrogens with zero attached hydrogens (tertiary/aromatic N) is 2. The molecular weight excluding hydrogens is 717 g/mol. The molecule has 6 aliphatic rings. The summed E-state index contributed by atoms with van der Waals surface area (Å²) in [5.41, 5.74) is 0.428. The summed E-state index contributed by atoms with van der Waals surface area (Å²) in [5, 5.41) is 13.8. The third kappa shape index (κ3) is 5.30. The molecule has 0 radical (unpaired) electrons. The van der Waals surface area contributed by atoms with Crippen LogP contribution in [0.3, 0.4) is 0 Å². The second-order valence-corrected chi connectivity index (χ2v) is 15.2. The van der Waals surface area contributed by atoms with Gasteiger partial charge in [-0.3, -0.25) is 19.2 Å². The molecule has 250 valence electrons. The molecule has 3 heterocycles. The monoisotopic (exact) mass is 757 g/mol. The van der Waals surface area contributed by atoms with E-state index in [9.17, 15) is 14.7 Å². The number of hydrogen-bond donors (Lipinski definition) is 2. The van der Waals surface area contributed by atoms with Crippen LogP contribution in [0, 0.1) is 20.8 Å². The summed E-state index contributed by atoms with van der Waals surface area (Å²) in [6.07, 6.45) is 1.84. The van der Waals surface area contributed by atoms with Crippen molar-refractivity contribution in [2.75, 3.05) is 20.2 Å². The van der Waals surface area contributed by atoms with Crippen LogP contribution in [-0.4, -0.2) is 95.3 Å². The average Bonchev–Trinajstić information content (AvgIpc) is 4.01. The lowest BCUT2D eigenvalue weighted by Gasteiger charge is -2.50. The van der Waals surface area contributed by atoms with E-state index in [1.54, 1.807) is 12.1 Å². The minimum Gasteiger partial charge on any atom is -0.458 e. The maximum Gasteiger partial charge on any atom is 0.327 e. The van der Waals surface area contributed by atoms with Crippen molar-refractivity contribution >= 4 is 40.4 Å². The van der Waals surface area contributed by atoms with Gasteiger partial charge >= 0.3 is 5.97 Å². The quantitative estimate of drug-likeness (QED) is 0.263. The van der Waals surface area contributed by atoms with Crippen LogP contribution in [0.25, 0.3) is 0 Å². The van der Waals surface area contributed by atoms with Crippen LogP contribution in [0.15, 0.2) is 54.6 Å². The van der Waals surface area contributed by atoms with E-state index < -0.39 is 53.7 Å². The number of likely N-dealkylation sites (N-methyl/N-ethyl adjacent to an activating group) is 1. The van der Waals surface area contributed by atoms with Crippen LogP contribution < -0.4 is 5.32 Å². The Labute approximate surface area is 287 Å². The van der Waals surface area contributed by atoms with E-state index in [4.69, 9.17) is 19.0 Å². The molecule has 7 atom stereocenters. The number of hydroxylamine groups is 2. The van der Waals surface area contributed by atoms with E-state index in [0.29, 0.717) is 0 Å². The van der Waals surface area contributed by atoms with Crippen LogP contribution in [-0.2, 0) is 46.4 Å². The molecule has 3 saturated carbocycles. The highest BCUT2D eigenvalue weighted by Gasteiger charge is 2.78. The Kier molecular flexibility index (Phi) is 8.12. The van der Waals surface area contributed by atoms with Gasteiger partial charge in [0.2, 0.25) is 11.8 Å². The fraction of sp³-hybridized carbons (Fsp3) is 0.571. The van der Waals surface area contributed by atoms with E-state index in [0.717, 1.165) is 40.4 Å². The van der Waals surface area contributed by atoms with Gasteiger partial charge in [-0.25, -0.2) is 0 Å². The molecule has 6 fully saturated rings. The summed E-state index contributed by atoms with van der Waals surface area (Å²) < 4.78 is 21.0. The van der Waals surface area contributed by atoms with Crippen molar-refractivity contribution in [3.05, 3.63) is 69.3 Å². The van der Waals surface area contributed by atoms with Gasteiger partial charge in [-0.05, 0) is 71.5 Å². The predicted molar refractivity (Wildman–Crippen MR) is 175 cm³/mol. The number of halogens is 1. The standard InChI is InChI=1S/C35H40IN3O8/c1-38(25(31(41)37-14-15-40)17-20-6-3-2-4-7-20)33(43)34-18-26-27-28(46-35(45-27,22-10-11-22)23-12-13-23)30(34)47-39(29(34)32(42)44-26)19-21-8-5-9-24(36)16-21/h2-9,16,22-23,25-30,40H,10-15,17-19H2,1H3,(H,37,41). The van der Waals surface area contributed by atoms with Gasteiger partial charge in [0.25, 0.3) is 0 Å². The maximum absolute atomic E-state index is 15.2. The number of esters is 1. The fourth-order valence-corrected chi connectivity index (χ4v) is 9.08. The first-order valence-electron chi connectivity index (χ1n) is 16.7. The molecule has 2 N–H and O–H groups in total. The number of hydrogen-bond acceptors (Lipinski definition) is 9. The number of ether oxygens (including phenoxy) is 3. The van der Waals surface area contributed by atoms with Crippen LogP contribution in [0.2, 0.25) is 0 Å². The van der Waals surface area contributed by atoms with Gasteiger partial charge in [0.15, 0.2) is 11.8 Å². The Morgan fingerprint density at radius 1 is 1.04 bits per heavy atom. The molecule has 2 aromatic carbocycles. The number of amides is 2. The van der Waals surface area contributed by atoms with Crippen molar-refractivity contribution in [1.82, 2.24) is 15.3 Å². The zero-order valence-electron chi connectivity index (χ0n) is 26.3. The number of aliphatic hydroxyl groups excluding tert-OH is 1. The van der Waals surface area contributed by atoms with Crippen LogP contribution in [0.5, 0.6) is 0 Å². The number of nitrogens with one attached hydrogen (secondary N) is 1. The van der Waals surface area contributed by atoms with E-state index in [1.165, 1.54) is 4.90 Å². The number of carbonyl (C=O) groups excluding carboxylic acids is 3. The Hall–Kier alpha value is -2.62. The lowest BCUT2D eigenvalue weighted by Crippen LogP contribution is -2.70. The van der Waals surface area contributed by atoms with Gasteiger partial charge in [-0.1, -0.05) is 42.5 Å². The Morgan fingerprint density at radius 3 is 2.43 bits per heavy atom. The summed E-state index contributed by atoms with van der Waals surface area (Å²) >= 11 is 2.25. The molecule has 0 aromatic heterocycles. The topological polar surface area (TPSA) is 127 Å². The van der Waals surface area contributed by atoms with E-state index in [2.05, 4.69) is 27.9 Å². The first-order valence-corrected chi connectivity index (χ1v) is 17.8. The average molecular weight is 758 g/mol. The summed E-state index contributed by atoms with van der Waals surface area (Å²) in [6.45, 7) is 0.0904. The van der Waals surface area contributed by atoms with E-state index in [1.807, 2.05) is 54.6 Å². The maximum atomic E-state index is 15.2. The number of aliphatic hydroxyl groups is 1. The first kappa shape index (κ1) is 31.6. The van der Waals surface area contributed by atoms with Crippen LogP contribution in [0.4, 0.5) is 0 Å². The number of rotatable bonds is 11. The normalized spacial score (nSPS) is 32.7. The summed E-state index contributed by atoms with van der Waals surface area (Å²) in [6, 6.07) is 15.5. The van der Waals surface area contributed by atoms with Gasteiger partial charge in [-0.15, -0.1) is 0 Å². The second-order valence-electron chi connectivity index (χ2n) is 13.9. The van der Waals surface area contributed by atoms with Gasteiger partial charge in [0.05, 0.1) is 13.2 Å². The minimum atomic E-state index is -1.38. The van der Waals surface area contributed by atoms with E-state index >= 15 is 4.79 Å². The van der Waals surface area contributed by atoms with Crippen LogP contribution >= 0.6 is 22.6 Å². The third-order valence-electron chi connectivity index (χ3n) is 10.9. The highest BCUT2D eigenvalue weighted by molar-refractivity contribution is 14.1. The molecule has 0 spiro atoms. The smallest absolute Gasteiger partial charge is 0.327 e. The van der Waals surface area contributed by atoms with Crippen molar-refractivity contribution < 1.29 is 38.5 Å². The molecule has 2 aromatic rings. The lowest BCUT2D eigenvalue weighted by molar-refractivity contribution is -0.235. The molecule has 3 saturated heterocycles. The Bertz CT molecular complexity index is 1540. The van der Waals surface area contributed by atoms with Crippen molar-refractivity contribution in [2.45, 2.75) is 87.4 Å². The Morgan fingerprint density at radius 2 is 1.74 bits per heavy atom. The van der Waals surface area contributed by atoms with Gasteiger partial charge in [-0.2, -0.15) is 5.06 Å². The van der Waals surface area contributed by atoms with Crippen molar-refractivity contribution in [2.24, 2.45) is 17.3 Å². The minimum absolute atomic E-state index is 0.0586. The zero-order valence-corrected chi connectivity index (χ0v) is 28.4. The summed E-state index contributed by atoms with van der Waals surface area (Å²) in [7, 11) is 1.62. The molecule has 12 heteroatoms. The largest absolute Gasteiger partial charge is 0.458 e. The molecule has 11 nitrogen and oxygen atoms in total. The zero-order chi connectivity index (χ0) is 32.5. The molecule has 3 aliphatic carbocycles. The molecular formula is C35H40IN3O8. The fourth-order valence-electron chi connectivity index (χ4n) is 8.47. The summed E-state index contributed by atoms with van der Waals surface area (Å²) in [4.78, 5) is 51.2. The number of fused-ring (bicyclic) bond motifs is 4. The molecule has 2 amide bonds. The molecule has 3 aliphatic heterocycles. The highest BCUT2D eigenvalue weighted by Crippen LogP contribution is 2.64. The highest BCUT2D eigenvalue weighted by atomic mass is 127. The Balaban J connectivity index is 1.19. The summed E-state index contributed by atoms with van der Waals surface area (Å²) in [5.74, 6) is -1.48. The number of benzene rings is 2. The second kappa shape index (κ2) is 12.1. The van der Waals surface area contributed by atoms with Crippen LogP contribution in [0.1, 0.15) is 43.2 Å². The molecule has 2 bridgehead atoms. The molecule has 7 unspecified atom stereocenters. The predicted octanol–water partition coefficient (Wildman–Crippen LogP) is 2.57. The van der Waals surface area contributed by atoms with Gasteiger partial charge in [0, 0.05) is 41.8 Å². The van der Waals surface area contributed by atoms with Gasteiger partial charge < -0.3 is 29.5 Å². The van der Waals surface area contributed by atoms with Crippen molar-refractivity contribution in [1.29, 1.82) is 0 Å². The number of carbonyl (C=O) groups is 3. The van der Waals surface area contributed by atoms with Crippen molar-refractivity contribution in [3.8, 4) is 0 Å². The van der Waals surface area contributed by atoms with Gasteiger partial charge in [0.1, 0.15) is 35.9 Å².